The van der Waals surface area contributed by atoms with E-state index < -0.39 is 0 Å². The summed E-state index contributed by atoms with van der Waals surface area (Å²) in [4.78, 5) is 17.1. The molecule has 0 spiro atoms. The Morgan fingerprint density at radius 2 is 1.85 bits per heavy atom. The van der Waals surface area contributed by atoms with Gasteiger partial charge in [0.15, 0.2) is 0 Å². The molecule has 118 valence electrons. The van der Waals surface area contributed by atoms with Crippen LogP contribution in [0.5, 0.6) is 0 Å². The maximum absolute atomic E-state index is 11.6. The van der Waals surface area contributed by atoms with E-state index in [1.54, 1.807) is 11.3 Å². The molecule has 1 heterocycles. The fourth-order valence-electron chi connectivity index (χ4n) is 1.79. The van der Waals surface area contributed by atoms with Gasteiger partial charge in [-0.15, -0.1) is 36.2 Å². The summed E-state index contributed by atoms with van der Waals surface area (Å²) < 4.78 is 0. The summed E-state index contributed by atoms with van der Waals surface area (Å²) in [6.07, 6.45) is 4.83. The van der Waals surface area contributed by atoms with E-state index in [9.17, 15) is 4.79 Å². The average Bonchev–Trinajstić information content (AvgIpc) is 2.65. The summed E-state index contributed by atoms with van der Waals surface area (Å²) in [6, 6.07) is 0. The van der Waals surface area contributed by atoms with Crippen LogP contribution in [0.2, 0.25) is 0 Å². The first-order chi connectivity index (χ1) is 8.63. The SMILES string of the molecule is Cc1nc(C)c(CNC(=O)CCCCCCN)s1.Cl.Cl. The third-order valence-electron chi connectivity index (χ3n) is 2.80. The van der Waals surface area contributed by atoms with Gasteiger partial charge < -0.3 is 11.1 Å². The molecule has 20 heavy (non-hydrogen) atoms. The molecule has 0 aliphatic heterocycles. The maximum Gasteiger partial charge on any atom is 0.220 e. The summed E-state index contributed by atoms with van der Waals surface area (Å²) in [7, 11) is 0. The predicted molar refractivity (Wildman–Crippen MR) is 90.1 cm³/mol. The zero-order chi connectivity index (χ0) is 13.4. The highest BCUT2D eigenvalue weighted by Crippen LogP contribution is 2.16. The molecule has 4 nitrogen and oxygen atoms in total. The van der Waals surface area contributed by atoms with Gasteiger partial charge in [-0.25, -0.2) is 4.98 Å². The minimum absolute atomic E-state index is 0. The molecule has 0 aliphatic carbocycles. The first-order valence-electron chi connectivity index (χ1n) is 6.53. The fourth-order valence-corrected chi connectivity index (χ4v) is 2.67. The summed E-state index contributed by atoms with van der Waals surface area (Å²) >= 11 is 1.65. The van der Waals surface area contributed by atoms with Crippen molar-refractivity contribution >= 4 is 42.1 Å². The Balaban J connectivity index is 0. The van der Waals surface area contributed by atoms with Crippen LogP contribution in [-0.2, 0) is 11.3 Å². The summed E-state index contributed by atoms with van der Waals surface area (Å²) in [5.41, 5.74) is 6.44. The molecule has 3 N–H and O–H groups in total. The lowest BCUT2D eigenvalue weighted by Gasteiger charge is -2.04. The number of thiazole rings is 1. The number of rotatable bonds is 8. The van der Waals surface area contributed by atoms with Crippen LogP contribution in [0.25, 0.3) is 0 Å². The van der Waals surface area contributed by atoms with E-state index in [4.69, 9.17) is 5.73 Å². The third-order valence-corrected chi connectivity index (χ3v) is 3.88. The highest BCUT2D eigenvalue weighted by molar-refractivity contribution is 7.11. The number of aryl methyl sites for hydroxylation is 2. The second kappa shape index (κ2) is 12.4. The molecule has 0 atom stereocenters. The van der Waals surface area contributed by atoms with Crippen LogP contribution in [-0.4, -0.2) is 17.4 Å². The molecule has 1 rings (SSSR count). The Labute approximate surface area is 137 Å². The van der Waals surface area contributed by atoms with Crippen molar-refractivity contribution in [1.82, 2.24) is 10.3 Å². The van der Waals surface area contributed by atoms with Crippen LogP contribution in [0.1, 0.15) is 47.7 Å². The molecule has 0 radical (unpaired) electrons. The number of nitrogens with zero attached hydrogens (tertiary/aromatic N) is 1. The number of hydrogen-bond acceptors (Lipinski definition) is 4. The Bertz CT molecular complexity index is 386. The standard InChI is InChI=1S/C13H23N3OS.2ClH/c1-10-12(18-11(2)16-10)9-15-13(17)7-5-3-4-6-8-14;;/h3-9,14H2,1-2H3,(H,15,17);2*1H. The van der Waals surface area contributed by atoms with Crippen molar-refractivity contribution in [3.8, 4) is 0 Å². The minimum atomic E-state index is 0. The number of amides is 1. The molecule has 0 saturated heterocycles. The van der Waals surface area contributed by atoms with Gasteiger partial charge in [-0.2, -0.15) is 0 Å². The molecule has 1 aromatic heterocycles. The van der Waals surface area contributed by atoms with Gasteiger partial charge in [0.1, 0.15) is 0 Å². The number of aromatic nitrogens is 1. The first-order valence-corrected chi connectivity index (χ1v) is 7.34. The quantitative estimate of drug-likeness (QED) is 0.713. The number of carbonyl (C=O) groups excluding carboxylic acids is 1. The molecule has 0 aliphatic rings. The molecule has 0 fully saturated rings. The van der Waals surface area contributed by atoms with Crippen LogP contribution in [0.15, 0.2) is 0 Å². The molecule has 0 bridgehead atoms. The third kappa shape index (κ3) is 8.74. The Morgan fingerprint density at radius 3 is 2.40 bits per heavy atom. The molecule has 1 amide bonds. The van der Waals surface area contributed by atoms with Gasteiger partial charge in [0.05, 0.1) is 17.2 Å². The first kappa shape index (κ1) is 21.9. The van der Waals surface area contributed by atoms with Crippen LogP contribution in [0.3, 0.4) is 0 Å². The lowest BCUT2D eigenvalue weighted by molar-refractivity contribution is -0.121. The molecule has 1 aromatic rings. The van der Waals surface area contributed by atoms with Crippen LogP contribution in [0, 0.1) is 13.8 Å². The fraction of sp³-hybridized carbons (Fsp3) is 0.692. The van der Waals surface area contributed by atoms with E-state index in [0.717, 1.165) is 47.8 Å². The van der Waals surface area contributed by atoms with Gasteiger partial charge in [-0.05, 0) is 33.2 Å². The van der Waals surface area contributed by atoms with Gasteiger partial charge in [0.25, 0.3) is 0 Å². The predicted octanol–water partition coefficient (Wildman–Crippen LogP) is 3.13. The van der Waals surface area contributed by atoms with Gasteiger partial charge in [-0.1, -0.05) is 12.8 Å². The number of unbranched alkanes of at least 4 members (excludes halogenated alkanes) is 3. The summed E-state index contributed by atoms with van der Waals surface area (Å²) in [6.45, 7) is 5.33. The van der Waals surface area contributed by atoms with Gasteiger partial charge >= 0.3 is 0 Å². The summed E-state index contributed by atoms with van der Waals surface area (Å²) in [5, 5.41) is 4.00. The van der Waals surface area contributed by atoms with E-state index in [1.165, 1.54) is 0 Å². The monoisotopic (exact) mass is 341 g/mol. The minimum Gasteiger partial charge on any atom is -0.351 e. The van der Waals surface area contributed by atoms with Crippen LogP contribution < -0.4 is 11.1 Å². The lowest BCUT2D eigenvalue weighted by atomic mass is 10.1. The van der Waals surface area contributed by atoms with Crippen LogP contribution >= 0.6 is 36.2 Å². The number of nitrogens with one attached hydrogen (secondary N) is 1. The molecule has 7 heteroatoms. The zero-order valence-electron chi connectivity index (χ0n) is 12.1. The number of carbonyl (C=O) groups is 1. The Kier molecular flexibility index (Phi) is 13.6. The van der Waals surface area contributed by atoms with Crippen LogP contribution in [0.4, 0.5) is 0 Å². The van der Waals surface area contributed by atoms with E-state index in [2.05, 4.69) is 10.3 Å². The summed E-state index contributed by atoms with van der Waals surface area (Å²) in [5.74, 6) is 0.133. The number of hydrogen-bond donors (Lipinski definition) is 2. The van der Waals surface area contributed by atoms with Crippen molar-refractivity contribution in [3.63, 3.8) is 0 Å². The smallest absolute Gasteiger partial charge is 0.220 e. The van der Waals surface area contributed by atoms with E-state index in [1.807, 2.05) is 13.8 Å². The molecular weight excluding hydrogens is 317 g/mol. The van der Waals surface area contributed by atoms with Crippen molar-refractivity contribution in [2.45, 2.75) is 52.5 Å². The van der Waals surface area contributed by atoms with E-state index in [-0.39, 0.29) is 30.7 Å². The number of halogens is 2. The van der Waals surface area contributed by atoms with E-state index >= 15 is 0 Å². The number of nitrogens with two attached hydrogens (primary N) is 1. The Morgan fingerprint density at radius 1 is 1.20 bits per heavy atom. The van der Waals surface area contributed by atoms with Gasteiger partial charge in [0.2, 0.25) is 5.91 Å². The molecule has 0 unspecified atom stereocenters. The highest BCUT2D eigenvalue weighted by Gasteiger charge is 2.06. The van der Waals surface area contributed by atoms with Crippen molar-refractivity contribution in [3.05, 3.63) is 15.6 Å². The maximum atomic E-state index is 11.6. The molecule has 0 saturated carbocycles. The van der Waals surface area contributed by atoms with E-state index in [0.29, 0.717) is 13.0 Å². The largest absolute Gasteiger partial charge is 0.351 e. The van der Waals surface area contributed by atoms with Crippen molar-refractivity contribution in [2.24, 2.45) is 5.73 Å². The second-order valence-corrected chi connectivity index (χ2v) is 5.76. The lowest BCUT2D eigenvalue weighted by Crippen LogP contribution is -2.22. The van der Waals surface area contributed by atoms with Crippen molar-refractivity contribution < 1.29 is 4.79 Å². The van der Waals surface area contributed by atoms with Gasteiger partial charge in [-0.3, -0.25) is 4.79 Å². The van der Waals surface area contributed by atoms with Crippen molar-refractivity contribution in [2.75, 3.05) is 6.54 Å². The normalized spacial score (nSPS) is 9.55. The topological polar surface area (TPSA) is 68.0 Å². The average molecular weight is 342 g/mol. The highest BCUT2D eigenvalue weighted by atomic mass is 35.5. The second-order valence-electron chi connectivity index (χ2n) is 4.47. The zero-order valence-corrected chi connectivity index (χ0v) is 14.6. The van der Waals surface area contributed by atoms with Gasteiger partial charge in [0, 0.05) is 11.3 Å². The van der Waals surface area contributed by atoms with Crippen molar-refractivity contribution in [1.29, 1.82) is 0 Å². The Hall–Kier alpha value is -0.360. The molecule has 0 aromatic carbocycles. The molecular formula is C13H25Cl2N3OS.